The van der Waals surface area contributed by atoms with Crippen molar-refractivity contribution in [2.24, 2.45) is 0 Å². The molecule has 0 amide bonds. The predicted molar refractivity (Wildman–Crippen MR) is 123 cm³/mol. The summed E-state index contributed by atoms with van der Waals surface area (Å²) < 4.78 is 37.9. The Hall–Kier alpha value is -2.31. The van der Waals surface area contributed by atoms with E-state index in [4.69, 9.17) is 9.47 Å². The minimum atomic E-state index is -3.54. The molecule has 1 aromatic heterocycles. The molecule has 0 bridgehead atoms. The third-order valence-electron chi connectivity index (χ3n) is 6.19. The Balaban J connectivity index is 1.20. The molecule has 11 heteroatoms. The molecule has 0 aliphatic carbocycles. The highest BCUT2D eigenvalue weighted by Gasteiger charge is 2.43. The third kappa shape index (κ3) is 5.98. The van der Waals surface area contributed by atoms with E-state index < -0.39 is 16.1 Å². The fourth-order valence-corrected chi connectivity index (χ4v) is 5.06. The van der Waals surface area contributed by atoms with Crippen molar-refractivity contribution in [3.05, 3.63) is 42.7 Å². The van der Waals surface area contributed by atoms with Gasteiger partial charge in [0.05, 0.1) is 17.1 Å². The van der Waals surface area contributed by atoms with E-state index in [1.165, 1.54) is 19.2 Å². The van der Waals surface area contributed by atoms with Crippen molar-refractivity contribution in [2.45, 2.75) is 41.9 Å². The number of hydrogen-bond acceptors (Lipinski definition) is 9. The number of anilines is 1. The second-order valence-corrected chi connectivity index (χ2v) is 10.4. The first-order valence-corrected chi connectivity index (χ1v) is 12.6. The largest absolute Gasteiger partial charge is 0.491 e. The van der Waals surface area contributed by atoms with Gasteiger partial charge in [0.25, 0.3) is 0 Å². The summed E-state index contributed by atoms with van der Waals surface area (Å²) in [6.07, 6.45) is 5.52. The van der Waals surface area contributed by atoms with Gasteiger partial charge in [0.1, 0.15) is 18.5 Å². The summed E-state index contributed by atoms with van der Waals surface area (Å²) in [6, 6.07) is 8.18. The maximum Gasteiger partial charge on any atom is 0.240 e. The number of hydrogen-bond donors (Lipinski definition) is 3. The Morgan fingerprint density at radius 1 is 1.27 bits per heavy atom. The number of aromatic nitrogens is 2. The van der Waals surface area contributed by atoms with Crippen molar-refractivity contribution in [3.63, 3.8) is 0 Å². The molecule has 3 N–H and O–H groups in total. The fourth-order valence-electron chi connectivity index (χ4n) is 4.30. The van der Waals surface area contributed by atoms with Crippen LogP contribution in [0.4, 0.5) is 5.95 Å². The van der Waals surface area contributed by atoms with Gasteiger partial charge in [-0.1, -0.05) is 6.07 Å². The number of ether oxygens (including phenoxy) is 2. The van der Waals surface area contributed by atoms with Crippen LogP contribution in [0, 0.1) is 0 Å². The molecule has 33 heavy (non-hydrogen) atoms. The van der Waals surface area contributed by atoms with E-state index in [9.17, 15) is 13.5 Å². The number of rotatable bonds is 9. The normalized spacial score (nSPS) is 21.3. The average molecular weight is 478 g/mol. The summed E-state index contributed by atoms with van der Waals surface area (Å²) in [4.78, 5) is 11.0. The molecule has 1 aromatic carbocycles. The van der Waals surface area contributed by atoms with Crippen molar-refractivity contribution in [1.82, 2.24) is 20.0 Å². The molecule has 3 heterocycles. The smallest absolute Gasteiger partial charge is 0.240 e. The van der Waals surface area contributed by atoms with Gasteiger partial charge in [-0.05, 0) is 44.5 Å². The quantitative estimate of drug-likeness (QED) is 0.474. The van der Waals surface area contributed by atoms with Crippen molar-refractivity contribution in [3.8, 4) is 5.75 Å². The first kappa shape index (κ1) is 23.8. The van der Waals surface area contributed by atoms with Gasteiger partial charge in [0, 0.05) is 44.1 Å². The topological polar surface area (TPSA) is 126 Å². The van der Waals surface area contributed by atoms with Crippen LogP contribution in [-0.2, 0) is 14.8 Å². The number of nitrogens with zero attached hydrogens (tertiary/aromatic N) is 3. The van der Waals surface area contributed by atoms with Crippen LogP contribution in [0.15, 0.2) is 47.6 Å². The standard InChI is InChI=1S/C22H31N5O5S/c1-23-33(29,30)20-5-2-4-19(12-20)31-16-18(28)14-26-17-13-22(32-15-17)6-10-27(11-7-22)21-24-8-3-9-25-21/h2-5,8-9,12,17-18,23,26,28H,6-7,10-11,13-16H2,1H3/t17-,18?/m1/s1. The first-order chi connectivity index (χ1) is 15.9. The van der Waals surface area contributed by atoms with E-state index >= 15 is 0 Å². The van der Waals surface area contributed by atoms with Crippen LogP contribution in [0.2, 0.25) is 0 Å². The number of benzene rings is 1. The number of sulfonamides is 1. The minimum Gasteiger partial charge on any atom is -0.491 e. The Bertz CT molecular complexity index is 1010. The zero-order chi connectivity index (χ0) is 23.3. The second-order valence-electron chi connectivity index (χ2n) is 8.49. The third-order valence-corrected chi connectivity index (χ3v) is 7.60. The van der Waals surface area contributed by atoms with Gasteiger partial charge in [0.15, 0.2) is 0 Å². The van der Waals surface area contributed by atoms with Gasteiger partial charge in [0.2, 0.25) is 16.0 Å². The maximum atomic E-state index is 11.9. The van der Waals surface area contributed by atoms with Crippen LogP contribution in [0.1, 0.15) is 19.3 Å². The molecule has 2 aromatic rings. The monoisotopic (exact) mass is 477 g/mol. The molecule has 2 aliphatic rings. The summed E-state index contributed by atoms with van der Waals surface area (Å²) >= 11 is 0. The van der Waals surface area contributed by atoms with Gasteiger partial charge >= 0.3 is 0 Å². The lowest BCUT2D eigenvalue weighted by atomic mass is 9.87. The molecule has 180 valence electrons. The Morgan fingerprint density at radius 3 is 2.76 bits per heavy atom. The molecule has 2 aliphatic heterocycles. The Labute approximate surface area is 194 Å². The zero-order valence-corrected chi connectivity index (χ0v) is 19.5. The summed E-state index contributed by atoms with van der Waals surface area (Å²) in [6.45, 7) is 2.74. The highest BCUT2D eigenvalue weighted by atomic mass is 32.2. The van der Waals surface area contributed by atoms with Crippen molar-refractivity contribution in [2.75, 3.05) is 44.8 Å². The van der Waals surface area contributed by atoms with Crippen molar-refractivity contribution < 1.29 is 23.0 Å². The van der Waals surface area contributed by atoms with E-state index in [1.54, 1.807) is 24.5 Å². The molecule has 2 atom stereocenters. The highest BCUT2D eigenvalue weighted by molar-refractivity contribution is 7.89. The van der Waals surface area contributed by atoms with Crippen molar-refractivity contribution in [1.29, 1.82) is 0 Å². The van der Waals surface area contributed by atoms with Crippen LogP contribution in [0.5, 0.6) is 5.75 Å². The molecule has 2 fully saturated rings. The lowest BCUT2D eigenvalue weighted by Gasteiger charge is -2.38. The molecule has 2 saturated heterocycles. The van der Waals surface area contributed by atoms with Gasteiger partial charge in [-0.2, -0.15) is 0 Å². The molecule has 4 rings (SSSR count). The number of aliphatic hydroxyl groups is 1. The Kier molecular flexibility index (Phi) is 7.45. The van der Waals surface area contributed by atoms with E-state index in [2.05, 4.69) is 24.9 Å². The summed E-state index contributed by atoms with van der Waals surface area (Å²) in [5, 5.41) is 13.7. The zero-order valence-electron chi connectivity index (χ0n) is 18.7. The van der Waals surface area contributed by atoms with E-state index in [0.717, 1.165) is 38.3 Å². The molecular formula is C22H31N5O5S. The van der Waals surface area contributed by atoms with Crippen molar-refractivity contribution >= 4 is 16.0 Å². The van der Waals surface area contributed by atoms with Gasteiger partial charge in [-0.25, -0.2) is 23.1 Å². The van der Waals surface area contributed by atoms with Gasteiger partial charge < -0.3 is 24.8 Å². The summed E-state index contributed by atoms with van der Waals surface area (Å²) in [7, 11) is -2.18. The fraction of sp³-hybridized carbons (Fsp3) is 0.545. The van der Waals surface area contributed by atoms with Crippen LogP contribution < -0.4 is 19.7 Å². The lowest BCUT2D eigenvalue weighted by molar-refractivity contribution is -0.0152. The molecule has 0 saturated carbocycles. The van der Waals surface area contributed by atoms with Gasteiger partial charge in [-0.3, -0.25) is 0 Å². The first-order valence-electron chi connectivity index (χ1n) is 11.1. The van der Waals surface area contributed by atoms with E-state index in [0.29, 0.717) is 18.9 Å². The summed E-state index contributed by atoms with van der Waals surface area (Å²) in [5.74, 6) is 1.15. The van der Waals surface area contributed by atoms with Crippen LogP contribution in [0.3, 0.4) is 0 Å². The van der Waals surface area contributed by atoms with Crippen LogP contribution in [0.25, 0.3) is 0 Å². The molecule has 10 nitrogen and oxygen atoms in total. The molecule has 1 spiro atoms. The van der Waals surface area contributed by atoms with E-state index in [-0.39, 0.29) is 23.1 Å². The second kappa shape index (κ2) is 10.3. The highest BCUT2D eigenvalue weighted by Crippen LogP contribution is 2.36. The Morgan fingerprint density at radius 2 is 2.03 bits per heavy atom. The van der Waals surface area contributed by atoms with Crippen LogP contribution >= 0.6 is 0 Å². The summed E-state index contributed by atoms with van der Waals surface area (Å²) in [5.41, 5.74) is -0.135. The average Bonchev–Trinajstić information content (AvgIpc) is 3.25. The number of aliphatic hydroxyl groups excluding tert-OH is 1. The van der Waals surface area contributed by atoms with E-state index in [1.807, 2.05) is 6.07 Å². The molecule has 1 unspecified atom stereocenters. The number of piperidine rings is 1. The molecule has 0 radical (unpaired) electrons. The SMILES string of the molecule is CNS(=O)(=O)c1cccc(OCC(O)CN[C@H]2COC3(CCN(c4ncccn4)CC3)C2)c1. The maximum absolute atomic E-state index is 11.9. The predicted octanol–water partition coefficient (Wildman–Crippen LogP) is 0.542. The van der Waals surface area contributed by atoms with Gasteiger partial charge in [-0.15, -0.1) is 0 Å². The number of nitrogens with one attached hydrogen (secondary N) is 2. The van der Waals surface area contributed by atoms with Crippen LogP contribution in [-0.4, -0.2) is 81.1 Å². The minimum absolute atomic E-state index is 0.0564. The lowest BCUT2D eigenvalue weighted by Crippen LogP contribution is -2.45. The molecular weight excluding hydrogens is 446 g/mol.